The third kappa shape index (κ3) is 5.23. The summed E-state index contributed by atoms with van der Waals surface area (Å²) in [6.07, 6.45) is 1.87. The number of likely N-dealkylation sites (tertiary alicyclic amines) is 1. The number of hydrogen-bond acceptors (Lipinski definition) is 4. The molecule has 1 aliphatic rings. The van der Waals surface area contributed by atoms with Gasteiger partial charge >= 0.3 is 0 Å². The molecule has 1 fully saturated rings. The molecule has 1 aliphatic heterocycles. The SMILES string of the molecule is COc1ccccc1CC(=O)N1CC[C@@H](c2cc(CCOc3cccc(F)c3)[nH]n2)C1. The van der Waals surface area contributed by atoms with Gasteiger partial charge in [-0.15, -0.1) is 0 Å². The van der Waals surface area contributed by atoms with E-state index in [1.54, 1.807) is 19.2 Å². The number of amides is 1. The predicted molar refractivity (Wildman–Crippen MR) is 115 cm³/mol. The minimum Gasteiger partial charge on any atom is -0.496 e. The molecule has 1 atom stereocenters. The summed E-state index contributed by atoms with van der Waals surface area (Å²) in [5.74, 6) is 1.26. The minimum absolute atomic E-state index is 0.103. The molecule has 3 aromatic rings. The summed E-state index contributed by atoms with van der Waals surface area (Å²) in [5, 5.41) is 7.50. The highest BCUT2D eigenvalue weighted by Gasteiger charge is 2.29. The van der Waals surface area contributed by atoms with Crippen molar-refractivity contribution in [2.24, 2.45) is 0 Å². The van der Waals surface area contributed by atoms with Crippen molar-refractivity contribution in [1.29, 1.82) is 0 Å². The predicted octanol–water partition coefficient (Wildman–Crippen LogP) is 3.74. The Morgan fingerprint density at radius 1 is 1.23 bits per heavy atom. The first-order chi connectivity index (χ1) is 15.1. The molecule has 0 aliphatic carbocycles. The Bertz CT molecular complexity index is 1040. The van der Waals surface area contributed by atoms with E-state index in [1.165, 1.54) is 12.1 Å². The van der Waals surface area contributed by atoms with Crippen molar-refractivity contribution in [3.8, 4) is 11.5 Å². The second-order valence-corrected chi connectivity index (χ2v) is 7.69. The Morgan fingerprint density at radius 2 is 2.10 bits per heavy atom. The van der Waals surface area contributed by atoms with Gasteiger partial charge in [-0.3, -0.25) is 9.89 Å². The second kappa shape index (κ2) is 9.64. The third-order valence-electron chi connectivity index (χ3n) is 5.58. The summed E-state index contributed by atoms with van der Waals surface area (Å²) in [4.78, 5) is 14.7. The van der Waals surface area contributed by atoms with E-state index in [2.05, 4.69) is 10.2 Å². The lowest BCUT2D eigenvalue weighted by atomic mass is 10.0. The first-order valence-electron chi connectivity index (χ1n) is 10.4. The van der Waals surface area contributed by atoms with Gasteiger partial charge in [0.2, 0.25) is 5.91 Å². The van der Waals surface area contributed by atoms with Gasteiger partial charge in [0.15, 0.2) is 0 Å². The monoisotopic (exact) mass is 423 g/mol. The molecule has 1 amide bonds. The largest absolute Gasteiger partial charge is 0.496 e. The van der Waals surface area contributed by atoms with E-state index in [9.17, 15) is 9.18 Å². The molecular weight excluding hydrogens is 397 g/mol. The Balaban J connectivity index is 1.28. The molecule has 0 unspecified atom stereocenters. The lowest BCUT2D eigenvalue weighted by molar-refractivity contribution is -0.129. The molecule has 7 heteroatoms. The first-order valence-corrected chi connectivity index (χ1v) is 10.4. The quantitative estimate of drug-likeness (QED) is 0.599. The van der Waals surface area contributed by atoms with Gasteiger partial charge in [-0.25, -0.2) is 4.39 Å². The normalized spacial score (nSPS) is 15.8. The molecule has 0 saturated carbocycles. The number of carbonyl (C=O) groups excluding carboxylic acids is 1. The highest BCUT2D eigenvalue weighted by atomic mass is 19.1. The van der Waals surface area contributed by atoms with Gasteiger partial charge in [0.05, 0.1) is 25.8 Å². The molecule has 1 aromatic heterocycles. The van der Waals surface area contributed by atoms with Crippen molar-refractivity contribution in [2.75, 3.05) is 26.8 Å². The average Bonchev–Trinajstić information content (AvgIpc) is 3.44. The number of methoxy groups -OCH3 is 1. The number of aromatic amines is 1. The van der Waals surface area contributed by atoms with E-state index in [4.69, 9.17) is 9.47 Å². The molecule has 0 bridgehead atoms. The van der Waals surface area contributed by atoms with Gasteiger partial charge in [0.25, 0.3) is 0 Å². The number of nitrogens with zero attached hydrogens (tertiary/aromatic N) is 2. The molecule has 0 radical (unpaired) electrons. The molecule has 0 spiro atoms. The first kappa shape index (κ1) is 20.9. The van der Waals surface area contributed by atoms with Gasteiger partial charge in [-0.1, -0.05) is 24.3 Å². The third-order valence-corrected chi connectivity index (χ3v) is 5.58. The van der Waals surface area contributed by atoms with Crippen LogP contribution in [0.3, 0.4) is 0 Å². The van der Waals surface area contributed by atoms with Crippen LogP contribution in [-0.4, -0.2) is 47.8 Å². The van der Waals surface area contributed by atoms with Crippen LogP contribution in [0.4, 0.5) is 4.39 Å². The topological polar surface area (TPSA) is 67.4 Å². The maximum absolute atomic E-state index is 13.2. The summed E-state index contributed by atoms with van der Waals surface area (Å²) in [6.45, 7) is 1.82. The van der Waals surface area contributed by atoms with Crippen molar-refractivity contribution in [1.82, 2.24) is 15.1 Å². The lowest BCUT2D eigenvalue weighted by Gasteiger charge is -2.17. The molecule has 162 valence electrons. The number of carbonyl (C=O) groups is 1. The molecule has 1 saturated heterocycles. The summed E-state index contributed by atoms with van der Waals surface area (Å²) < 4.78 is 24.2. The number of para-hydroxylation sites is 1. The highest BCUT2D eigenvalue weighted by Crippen LogP contribution is 2.28. The van der Waals surface area contributed by atoms with Crippen LogP contribution in [0, 0.1) is 5.82 Å². The van der Waals surface area contributed by atoms with Crippen LogP contribution < -0.4 is 9.47 Å². The molecule has 1 N–H and O–H groups in total. The number of aromatic nitrogens is 2. The molecule has 31 heavy (non-hydrogen) atoms. The van der Waals surface area contributed by atoms with Crippen LogP contribution in [0.15, 0.2) is 54.6 Å². The molecule has 2 aromatic carbocycles. The zero-order valence-electron chi connectivity index (χ0n) is 17.5. The Kier molecular flexibility index (Phi) is 6.50. The maximum Gasteiger partial charge on any atom is 0.227 e. The van der Waals surface area contributed by atoms with E-state index in [-0.39, 0.29) is 17.6 Å². The average molecular weight is 423 g/mol. The van der Waals surface area contributed by atoms with Crippen molar-refractivity contribution >= 4 is 5.91 Å². The molecular formula is C24H26FN3O3. The fourth-order valence-corrected chi connectivity index (χ4v) is 3.90. The van der Waals surface area contributed by atoms with Crippen LogP contribution in [0.25, 0.3) is 0 Å². The molecule has 2 heterocycles. The minimum atomic E-state index is -0.313. The van der Waals surface area contributed by atoms with Crippen LogP contribution in [-0.2, 0) is 17.6 Å². The Morgan fingerprint density at radius 3 is 2.94 bits per heavy atom. The van der Waals surface area contributed by atoms with Crippen LogP contribution in [0.2, 0.25) is 0 Å². The highest BCUT2D eigenvalue weighted by molar-refractivity contribution is 5.80. The van der Waals surface area contributed by atoms with E-state index in [0.29, 0.717) is 31.7 Å². The fourth-order valence-electron chi connectivity index (χ4n) is 3.90. The van der Waals surface area contributed by atoms with Crippen LogP contribution in [0.5, 0.6) is 11.5 Å². The number of hydrogen-bond donors (Lipinski definition) is 1. The van der Waals surface area contributed by atoms with Gasteiger partial charge in [-0.05, 0) is 30.7 Å². The van der Waals surface area contributed by atoms with E-state index in [1.807, 2.05) is 35.2 Å². The number of rotatable bonds is 8. The van der Waals surface area contributed by atoms with Crippen molar-refractivity contribution in [3.63, 3.8) is 0 Å². The van der Waals surface area contributed by atoms with Gasteiger partial charge in [0.1, 0.15) is 17.3 Å². The van der Waals surface area contributed by atoms with E-state index in [0.717, 1.165) is 35.7 Å². The summed E-state index contributed by atoms with van der Waals surface area (Å²) >= 11 is 0. The standard InChI is InChI=1S/C24H26FN3O3/c1-30-23-8-3-2-5-17(23)13-24(29)28-11-9-18(16-28)22-15-20(26-27-22)10-12-31-21-7-4-6-19(25)14-21/h2-8,14-15,18H,9-13,16H2,1H3,(H,26,27)/t18-/m1/s1. The second-order valence-electron chi connectivity index (χ2n) is 7.69. The Hall–Kier alpha value is -3.35. The van der Waals surface area contributed by atoms with Gasteiger partial charge in [0, 0.05) is 42.8 Å². The summed E-state index contributed by atoms with van der Waals surface area (Å²) in [5.41, 5.74) is 2.83. The van der Waals surface area contributed by atoms with Crippen LogP contribution in [0.1, 0.15) is 29.3 Å². The smallest absolute Gasteiger partial charge is 0.227 e. The molecule has 6 nitrogen and oxygen atoms in total. The fraction of sp³-hybridized carbons (Fsp3) is 0.333. The molecule has 4 rings (SSSR count). The van der Waals surface area contributed by atoms with Crippen molar-refractivity contribution < 1.29 is 18.7 Å². The zero-order valence-corrected chi connectivity index (χ0v) is 17.5. The Labute approximate surface area is 181 Å². The zero-order chi connectivity index (χ0) is 21.6. The van der Waals surface area contributed by atoms with Crippen molar-refractivity contribution in [2.45, 2.75) is 25.2 Å². The lowest BCUT2D eigenvalue weighted by Crippen LogP contribution is -2.30. The van der Waals surface area contributed by atoms with Gasteiger partial charge in [-0.2, -0.15) is 5.10 Å². The van der Waals surface area contributed by atoms with E-state index < -0.39 is 0 Å². The summed E-state index contributed by atoms with van der Waals surface area (Å²) in [7, 11) is 1.62. The number of benzene rings is 2. The van der Waals surface area contributed by atoms with Gasteiger partial charge < -0.3 is 14.4 Å². The number of nitrogens with one attached hydrogen (secondary N) is 1. The van der Waals surface area contributed by atoms with E-state index >= 15 is 0 Å². The number of halogens is 1. The number of H-pyrrole nitrogens is 1. The van der Waals surface area contributed by atoms with Crippen molar-refractivity contribution in [3.05, 3.63) is 77.4 Å². The summed E-state index contributed by atoms with van der Waals surface area (Å²) in [6, 6.07) is 15.8. The maximum atomic E-state index is 13.2. The number of ether oxygens (including phenoxy) is 2. The van der Waals surface area contributed by atoms with Crippen LogP contribution >= 0.6 is 0 Å².